The number of nitro groups is 1. The maximum Gasteiger partial charge on any atom is 0.270 e. The lowest BCUT2D eigenvalue weighted by atomic mass is 10.1. The van der Waals surface area contributed by atoms with Crippen molar-refractivity contribution in [1.82, 2.24) is 14.9 Å². The Kier molecular flexibility index (Phi) is 5.19. The first-order valence-corrected chi connectivity index (χ1v) is 8.99. The molecule has 0 N–H and O–H groups in total. The molecule has 9 nitrogen and oxygen atoms in total. The Hall–Kier alpha value is -4.47. The van der Waals surface area contributed by atoms with Crippen LogP contribution >= 0.6 is 0 Å². The van der Waals surface area contributed by atoms with Gasteiger partial charge in [-0.15, -0.1) is 0 Å². The summed E-state index contributed by atoms with van der Waals surface area (Å²) in [5.41, 5.74) is 0.972. The molecule has 2 heterocycles. The number of carbonyl (C=O) groups excluding carboxylic acids is 1. The number of nitrogens with zero attached hydrogens (tertiary/aromatic N) is 4. The van der Waals surface area contributed by atoms with Crippen molar-refractivity contribution in [2.45, 2.75) is 6.54 Å². The van der Waals surface area contributed by atoms with Crippen LogP contribution in [0.4, 0.5) is 10.1 Å². The predicted octanol–water partition coefficient (Wildman–Crippen LogP) is 3.50. The van der Waals surface area contributed by atoms with Crippen LogP contribution in [0.2, 0.25) is 0 Å². The second kappa shape index (κ2) is 8.11. The second-order valence-corrected chi connectivity index (χ2v) is 6.53. The highest BCUT2D eigenvalue weighted by atomic mass is 19.1. The third kappa shape index (κ3) is 4.27. The Labute approximate surface area is 173 Å². The molecule has 2 aromatic heterocycles. The van der Waals surface area contributed by atoms with Gasteiger partial charge in [0.25, 0.3) is 11.2 Å². The van der Waals surface area contributed by atoms with Crippen molar-refractivity contribution in [3.8, 4) is 22.5 Å². The molecule has 0 saturated carbocycles. The molecule has 0 unspecified atom stereocenters. The van der Waals surface area contributed by atoms with Crippen LogP contribution in [0.1, 0.15) is 10.6 Å². The van der Waals surface area contributed by atoms with Crippen molar-refractivity contribution < 1.29 is 18.6 Å². The number of ketones is 1. The Balaban J connectivity index is 1.58. The Morgan fingerprint density at radius 1 is 1.03 bits per heavy atom. The average Bonchev–Trinajstić information content (AvgIpc) is 3.26. The molecular weight excluding hydrogens is 407 g/mol. The quantitative estimate of drug-likeness (QED) is 0.266. The minimum atomic E-state index is -0.549. The molecule has 10 heteroatoms. The van der Waals surface area contributed by atoms with Crippen molar-refractivity contribution >= 4 is 11.5 Å². The highest BCUT2D eigenvalue weighted by Crippen LogP contribution is 2.22. The number of benzene rings is 2. The van der Waals surface area contributed by atoms with E-state index in [4.69, 9.17) is 4.52 Å². The van der Waals surface area contributed by atoms with Crippen LogP contribution in [-0.4, -0.2) is 25.6 Å². The molecule has 0 aliphatic heterocycles. The first-order valence-electron chi connectivity index (χ1n) is 8.99. The second-order valence-electron chi connectivity index (χ2n) is 6.53. The van der Waals surface area contributed by atoms with Gasteiger partial charge in [-0.05, 0) is 30.3 Å². The lowest BCUT2D eigenvalue weighted by Gasteiger charge is -2.05. The summed E-state index contributed by atoms with van der Waals surface area (Å²) in [5.74, 6) is -1.04. The minimum Gasteiger partial charge on any atom is -0.352 e. The summed E-state index contributed by atoms with van der Waals surface area (Å²) < 4.78 is 19.1. The lowest BCUT2D eigenvalue weighted by Crippen LogP contribution is -2.26. The molecule has 4 rings (SSSR count). The molecule has 0 amide bonds. The summed E-state index contributed by atoms with van der Waals surface area (Å²) in [4.78, 5) is 35.2. The van der Waals surface area contributed by atoms with E-state index in [2.05, 4.69) is 10.3 Å². The molecule has 0 aliphatic carbocycles. The summed E-state index contributed by atoms with van der Waals surface area (Å²) in [6, 6.07) is 15.3. The SMILES string of the molecule is O=C(Cn1nc(-c2cccc([N+](=O)[O-])c2)ccc1=O)c1cc(-c2ccc(F)cc2)no1. The van der Waals surface area contributed by atoms with Gasteiger partial charge < -0.3 is 4.52 Å². The van der Waals surface area contributed by atoms with Crippen LogP contribution in [0.15, 0.2) is 76.0 Å². The standard InChI is InChI=1S/C21H13FN4O5/c22-15-6-4-13(5-7-15)18-11-20(31-24-18)19(27)12-25-21(28)9-8-17(23-25)14-2-1-3-16(10-14)26(29)30/h1-11H,12H2. The first-order chi connectivity index (χ1) is 14.9. The van der Waals surface area contributed by atoms with Crippen LogP contribution in [0.25, 0.3) is 22.5 Å². The molecule has 0 atom stereocenters. The summed E-state index contributed by atoms with van der Waals surface area (Å²) in [6.07, 6.45) is 0. The molecule has 0 fully saturated rings. The number of aromatic nitrogens is 3. The van der Waals surface area contributed by atoms with E-state index in [9.17, 15) is 24.1 Å². The molecule has 0 aliphatic rings. The summed E-state index contributed by atoms with van der Waals surface area (Å²) in [7, 11) is 0. The van der Waals surface area contributed by atoms with Gasteiger partial charge in [0.2, 0.25) is 11.5 Å². The topological polar surface area (TPSA) is 121 Å². The maximum absolute atomic E-state index is 13.1. The average molecular weight is 420 g/mol. The van der Waals surface area contributed by atoms with Gasteiger partial charge in [-0.25, -0.2) is 9.07 Å². The van der Waals surface area contributed by atoms with Crippen LogP contribution in [0.5, 0.6) is 0 Å². The number of hydrogen-bond donors (Lipinski definition) is 0. The number of non-ortho nitro benzene ring substituents is 1. The van der Waals surface area contributed by atoms with Crippen LogP contribution in [-0.2, 0) is 6.54 Å². The molecule has 0 spiro atoms. The van der Waals surface area contributed by atoms with Gasteiger partial charge in [0, 0.05) is 35.4 Å². The molecular formula is C21H13FN4O5. The third-order valence-corrected chi connectivity index (χ3v) is 4.44. The predicted molar refractivity (Wildman–Crippen MR) is 107 cm³/mol. The normalized spacial score (nSPS) is 10.7. The molecule has 2 aromatic carbocycles. The van der Waals surface area contributed by atoms with E-state index in [0.717, 1.165) is 4.68 Å². The summed E-state index contributed by atoms with van der Waals surface area (Å²) in [5, 5.41) is 18.9. The largest absolute Gasteiger partial charge is 0.352 e. The number of halogens is 1. The molecule has 31 heavy (non-hydrogen) atoms. The number of carbonyl (C=O) groups is 1. The highest BCUT2D eigenvalue weighted by molar-refractivity contribution is 5.94. The first kappa shape index (κ1) is 19.8. The minimum absolute atomic E-state index is 0.0891. The van der Waals surface area contributed by atoms with E-state index in [-0.39, 0.29) is 11.4 Å². The zero-order chi connectivity index (χ0) is 22.0. The number of hydrogen-bond acceptors (Lipinski definition) is 7. The van der Waals surface area contributed by atoms with E-state index in [1.807, 2.05) is 0 Å². The van der Waals surface area contributed by atoms with Gasteiger partial charge in [0.1, 0.15) is 18.1 Å². The van der Waals surface area contributed by atoms with Gasteiger partial charge >= 0.3 is 0 Å². The van der Waals surface area contributed by atoms with E-state index in [1.165, 1.54) is 60.7 Å². The Bertz CT molecular complexity index is 1340. The summed E-state index contributed by atoms with van der Waals surface area (Å²) >= 11 is 0. The summed E-state index contributed by atoms with van der Waals surface area (Å²) in [6.45, 7) is -0.417. The smallest absolute Gasteiger partial charge is 0.270 e. The van der Waals surface area contributed by atoms with E-state index in [0.29, 0.717) is 22.5 Å². The molecule has 154 valence electrons. The van der Waals surface area contributed by atoms with Crippen molar-refractivity contribution in [2.75, 3.05) is 0 Å². The van der Waals surface area contributed by atoms with Crippen molar-refractivity contribution in [3.63, 3.8) is 0 Å². The van der Waals surface area contributed by atoms with Gasteiger partial charge in [-0.2, -0.15) is 5.10 Å². The molecule has 0 bridgehead atoms. The van der Waals surface area contributed by atoms with Gasteiger partial charge in [-0.3, -0.25) is 19.7 Å². The fourth-order valence-electron chi connectivity index (χ4n) is 2.87. The Morgan fingerprint density at radius 3 is 2.55 bits per heavy atom. The maximum atomic E-state index is 13.1. The fourth-order valence-corrected chi connectivity index (χ4v) is 2.87. The van der Waals surface area contributed by atoms with E-state index < -0.39 is 28.6 Å². The fraction of sp³-hybridized carbons (Fsp3) is 0.0476. The van der Waals surface area contributed by atoms with E-state index >= 15 is 0 Å². The number of Topliss-reactive ketones (excluding diaryl/α,β-unsaturated/α-hetero) is 1. The molecule has 4 aromatic rings. The third-order valence-electron chi connectivity index (χ3n) is 4.44. The lowest BCUT2D eigenvalue weighted by molar-refractivity contribution is -0.384. The highest BCUT2D eigenvalue weighted by Gasteiger charge is 2.17. The molecule has 0 saturated heterocycles. The van der Waals surface area contributed by atoms with Crippen LogP contribution in [0.3, 0.4) is 0 Å². The number of nitro benzene ring substituents is 1. The number of rotatable bonds is 6. The van der Waals surface area contributed by atoms with Crippen molar-refractivity contribution in [1.29, 1.82) is 0 Å². The zero-order valence-electron chi connectivity index (χ0n) is 15.8. The van der Waals surface area contributed by atoms with Gasteiger partial charge in [0.05, 0.1) is 10.6 Å². The monoisotopic (exact) mass is 420 g/mol. The van der Waals surface area contributed by atoms with Gasteiger partial charge in [-0.1, -0.05) is 17.3 Å². The van der Waals surface area contributed by atoms with Crippen molar-refractivity contribution in [2.24, 2.45) is 0 Å². The van der Waals surface area contributed by atoms with E-state index in [1.54, 1.807) is 6.07 Å². The zero-order valence-corrected chi connectivity index (χ0v) is 15.8. The Morgan fingerprint density at radius 2 is 1.81 bits per heavy atom. The van der Waals surface area contributed by atoms with Crippen molar-refractivity contribution in [3.05, 3.63) is 98.8 Å². The molecule has 0 radical (unpaired) electrons. The van der Waals surface area contributed by atoms with Crippen LogP contribution in [0, 0.1) is 15.9 Å². The van der Waals surface area contributed by atoms with Gasteiger partial charge in [0.15, 0.2) is 0 Å². The van der Waals surface area contributed by atoms with Crippen LogP contribution < -0.4 is 5.56 Å².